The molecule has 2 aromatic heterocycles. The number of rotatable bonds is 6. The molecule has 0 fully saturated rings. The third-order valence-corrected chi connectivity index (χ3v) is 4.16. The highest BCUT2D eigenvalue weighted by Crippen LogP contribution is 2.19. The summed E-state index contributed by atoms with van der Waals surface area (Å²) in [6, 6.07) is 15.0. The second-order valence-corrected chi connectivity index (χ2v) is 6.14. The molecule has 9 heteroatoms. The summed E-state index contributed by atoms with van der Waals surface area (Å²) in [5.74, 6) is 1.89. The van der Waals surface area contributed by atoms with E-state index >= 15 is 0 Å². The molecule has 0 bridgehead atoms. The SMILES string of the molecule is COc1cccc(OCc2n[nH]c(=S)n2/N=C\c2cnc3ccccc3n2)c1. The Bertz CT molecular complexity index is 1200. The summed E-state index contributed by atoms with van der Waals surface area (Å²) in [6.07, 6.45) is 3.24. The molecule has 0 spiro atoms. The highest BCUT2D eigenvalue weighted by atomic mass is 32.1. The number of nitrogens with zero attached hydrogens (tertiary/aromatic N) is 5. The lowest BCUT2D eigenvalue weighted by molar-refractivity contribution is 0.288. The molecule has 0 aliphatic carbocycles. The molecule has 0 atom stereocenters. The number of aromatic amines is 1. The van der Waals surface area contributed by atoms with Crippen molar-refractivity contribution in [3.8, 4) is 11.5 Å². The van der Waals surface area contributed by atoms with Crippen molar-refractivity contribution in [2.24, 2.45) is 5.10 Å². The average molecular weight is 392 g/mol. The van der Waals surface area contributed by atoms with E-state index in [1.54, 1.807) is 25.6 Å². The van der Waals surface area contributed by atoms with Crippen molar-refractivity contribution in [1.82, 2.24) is 24.8 Å². The Morgan fingerprint density at radius 3 is 2.82 bits per heavy atom. The van der Waals surface area contributed by atoms with Crippen molar-refractivity contribution in [1.29, 1.82) is 0 Å². The number of benzene rings is 2. The summed E-state index contributed by atoms with van der Waals surface area (Å²) in [7, 11) is 1.61. The van der Waals surface area contributed by atoms with E-state index < -0.39 is 0 Å². The number of hydrogen-bond acceptors (Lipinski definition) is 7. The first kappa shape index (κ1) is 17.8. The second-order valence-electron chi connectivity index (χ2n) is 5.75. The van der Waals surface area contributed by atoms with Gasteiger partial charge < -0.3 is 9.47 Å². The van der Waals surface area contributed by atoms with Crippen molar-refractivity contribution in [2.45, 2.75) is 6.61 Å². The number of nitrogens with one attached hydrogen (secondary N) is 1. The number of fused-ring (bicyclic) bond motifs is 1. The molecular weight excluding hydrogens is 376 g/mol. The van der Waals surface area contributed by atoms with Gasteiger partial charge in [-0.2, -0.15) is 14.9 Å². The number of hydrogen-bond donors (Lipinski definition) is 1. The Morgan fingerprint density at radius 1 is 1.14 bits per heavy atom. The molecule has 0 saturated heterocycles. The van der Waals surface area contributed by atoms with E-state index in [1.807, 2.05) is 42.5 Å². The van der Waals surface area contributed by atoms with Crippen LogP contribution in [0.25, 0.3) is 11.0 Å². The standard InChI is InChI=1S/C19H16N6O2S/c1-26-14-5-4-6-15(9-14)27-12-18-23-24-19(28)25(18)21-11-13-10-20-16-7-2-3-8-17(16)22-13/h2-11H,12H2,1H3,(H,24,28)/b21-11-. The normalized spacial score (nSPS) is 11.2. The molecule has 2 heterocycles. The van der Waals surface area contributed by atoms with E-state index in [-0.39, 0.29) is 6.61 Å². The molecule has 0 saturated carbocycles. The summed E-state index contributed by atoms with van der Waals surface area (Å²) in [5, 5.41) is 11.3. The number of ether oxygens (including phenoxy) is 2. The maximum absolute atomic E-state index is 5.77. The minimum absolute atomic E-state index is 0.182. The lowest BCUT2D eigenvalue weighted by Crippen LogP contribution is -2.04. The van der Waals surface area contributed by atoms with Gasteiger partial charge in [0.1, 0.15) is 23.8 Å². The molecule has 0 aliphatic rings. The van der Waals surface area contributed by atoms with Crippen molar-refractivity contribution < 1.29 is 9.47 Å². The maximum Gasteiger partial charge on any atom is 0.216 e. The van der Waals surface area contributed by atoms with E-state index in [1.165, 1.54) is 4.68 Å². The second kappa shape index (κ2) is 7.97. The van der Waals surface area contributed by atoms with Crippen LogP contribution in [0.15, 0.2) is 59.8 Å². The van der Waals surface area contributed by atoms with Gasteiger partial charge >= 0.3 is 0 Å². The van der Waals surface area contributed by atoms with Crippen LogP contribution in [0.1, 0.15) is 11.5 Å². The van der Waals surface area contributed by atoms with Gasteiger partial charge in [-0.25, -0.2) is 10.1 Å². The zero-order valence-electron chi connectivity index (χ0n) is 14.9. The average Bonchev–Trinajstić information content (AvgIpc) is 3.10. The van der Waals surface area contributed by atoms with Crippen LogP contribution in [0.2, 0.25) is 0 Å². The molecule has 28 heavy (non-hydrogen) atoms. The third-order valence-electron chi connectivity index (χ3n) is 3.90. The molecular formula is C19H16N6O2S. The first-order valence-electron chi connectivity index (χ1n) is 8.42. The molecule has 140 valence electrons. The van der Waals surface area contributed by atoms with Crippen molar-refractivity contribution in [3.63, 3.8) is 0 Å². The summed E-state index contributed by atoms with van der Waals surface area (Å²) >= 11 is 5.26. The fraction of sp³-hybridized carbons (Fsp3) is 0.105. The third kappa shape index (κ3) is 3.89. The quantitative estimate of drug-likeness (QED) is 0.400. The van der Waals surface area contributed by atoms with Crippen LogP contribution >= 0.6 is 12.2 Å². The number of para-hydroxylation sites is 2. The molecule has 0 radical (unpaired) electrons. The van der Waals surface area contributed by atoms with E-state index in [0.29, 0.717) is 27.8 Å². The predicted molar refractivity (Wildman–Crippen MR) is 107 cm³/mol. The fourth-order valence-electron chi connectivity index (χ4n) is 2.53. The van der Waals surface area contributed by atoms with Gasteiger partial charge in [0.2, 0.25) is 4.77 Å². The van der Waals surface area contributed by atoms with Crippen LogP contribution in [0.3, 0.4) is 0 Å². The van der Waals surface area contributed by atoms with Gasteiger partial charge in [0.05, 0.1) is 30.6 Å². The predicted octanol–water partition coefficient (Wildman–Crippen LogP) is 3.35. The lowest BCUT2D eigenvalue weighted by Gasteiger charge is -2.07. The fourth-order valence-corrected chi connectivity index (χ4v) is 2.72. The van der Waals surface area contributed by atoms with Gasteiger partial charge in [0.25, 0.3) is 0 Å². The molecule has 0 amide bonds. The van der Waals surface area contributed by atoms with Crippen molar-refractivity contribution in [3.05, 3.63) is 71.0 Å². The van der Waals surface area contributed by atoms with Crippen molar-refractivity contribution >= 4 is 29.5 Å². The number of methoxy groups -OCH3 is 1. The molecule has 2 aromatic carbocycles. The van der Waals surface area contributed by atoms with Gasteiger partial charge in [-0.1, -0.05) is 18.2 Å². The van der Waals surface area contributed by atoms with Crippen LogP contribution in [-0.4, -0.2) is 38.2 Å². The van der Waals surface area contributed by atoms with Gasteiger partial charge in [-0.05, 0) is 36.5 Å². The highest BCUT2D eigenvalue weighted by Gasteiger charge is 2.07. The topological polar surface area (TPSA) is 90.2 Å². The Hall–Kier alpha value is -3.59. The first-order chi connectivity index (χ1) is 13.7. The molecule has 8 nitrogen and oxygen atoms in total. The van der Waals surface area contributed by atoms with E-state index in [4.69, 9.17) is 21.7 Å². The smallest absolute Gasteiger partial charge is 0.216 e. The zero-order valence-corrected chi connectivity index (χ0v) is 15.8. The van der Waals surface area contributed by atoms with E-state index in [9.17, 15) is 0 Å². The number of H-pyrrole nitrogens is 1. The number of aromatic nitrogens is 5. The van der Waals surface area contributed by atoms with Crippen LogP contribution in [0, 0.1) is 4.77 Å². The van der Waals surface area contributed by atoms with Crippen LogP contribution in [0.4, 0.5) is 0 Å². The lowest BCUT2D eigenvalue weighted by atomic mass is 10.3. The van der Waals surface area contributed by atoms with Gasteiger partial charge in [0.15, 0.2) is 5.82 Å². The molecule has 4 rings (SSSR count). The molecule has 0 aliphatic heterocycles. The summed E-state index contributed by atoms with van der Waals surface area (Å²) in [5.41, 5.74) is 2.23. The largest absolute Gasteiger partial charge is 0.497 e. The van der Waals surface area contributed by atoms with E-state index in [0.717, 1.165) is 11.0 Å². The summed E-state index contributed by atoms with van der Waals surface area (Å²) in [4.78, 5) is 8.88. The highest BCUT2D eigenvalue weighted by molar-refractivity contribution is 7.71. The molecule has 4 aromatic rings. The van der Waals surface area contributed by atoms with Crippen LogP contribution in [0.5, 0.6) is 11.5 Å². The first-order valence-corrected chi connectivity index (χ1v) is 8.83. The Labute approximate surface area is 165 Å². The zero-order chi connectivity index (χ0) is 19.3. The molecule has 0 unspecified atom stereocenters. The summed E-state index contributed by atoms with van der Waals surface area (Å²) in [6.45, 7) is 0.182. The van der Waals surface area contributed by atoms with E-state index in [2.05, 4.69) is 25.3 Å². The minimum Gasteiger partial charge on any atom is -0.497 e. The van der Waals surface area contributed by atoms with Gasteiger partial charge in [0, 0.05) is 6.07 Å². The van der Waals surface area contributed by atoms with Crippen LogP contribution < -0.4 is 9.47 Å². The monoisotopic (exact) mass is 392 g/mol. The maximum atomic E-state index is 5.77. The Balaban J connectivity index is 1.54. The Kier molecular flexibility index (Phi) is 5.07. The summed E-state index contributed by atoms with van der Waals surface area (Å²) < 4.78 is 12.8. The van der Waals surface area contributed by atoms with Crippen molar-refractivity contribution in [2.75, 3.05) is 7.11 Å². The molecule has 1 N–H and O–H groups in total. The van der Waals surface area contributed by atoms with Crippen LogP contribution in [-0.2, 0) is 6.61 Å². The van der Waals surface area contributed by atoms with Gasteiger partial charge in [-0.3, -0.25) is 4.98 Å². The Morgan fingerprint density at radius 2 is 1.96 bits per heavy atom. The minimum atomic E-state index is 0.182. The van der Waals surface area contributed by atoms with Gasteiger partial charge in [-0.15, -0.1) is 0 Å².